The normalized spacial score (nSPS) is 27.8. The standard InChI is InChI=1S/C40H54N4O14/c1-53-27-7-9-29-23(17-27)3-5-25(41-29)19-43(13-15-55-39-37(51)35(49)33(47)31(21-45)57-39)11-12-44(14-16-56-40-38(52)36(50)34(48)32(22-46)58-40)20-26-6-4-24-18-28(54-2)8-10-30(24)42-26/h3-10,17-18,31-40,45-52H,11-16,19-22H2,1-2H3/t31-,32-,33-,34-,35+,36+,37-,38-,39-,40-/m1/s1. The van der Waals surface area contributed by atoms with Crippen LogP contribution in [0.15, 0.2) is 60.7 Å². The second kappa shape index (κ2) is 20.5. The molecule has 0 amide bonds. The van der Waals surface area contributed by atoms with Gasteiger partial charge in [0.1, 0.15) is 60.3 Å². The summed E-state index contributed by atoms with van der Waals surface area (Å²) in [5.74, 6) is 1.43. The number of fused-ring (bicyclic) bond motifs is 2. The second-order valence-corrected chi connectivity index (χ2v) is 14.4. The molecule has 0 saturated carbocycles. The van der Waals surface area contributed by atoms with Gasteiger partial charge in [-0.15, -0.1) is 0 Å². The Bertz CT molecular complexity index is 1770. The van der Waals surface area contributed by atoms with Crippen molar-refractivity contribution in [3.05, 3.63) is 72.1 Å². The van der Waals surface area contributed by atoms with Gasteiger partial charge in [-0.3, -0.25) is 19.8 Å². The van der Waals surface area contributed by atoms with Crippen molar-refractivity contribution >= 4 is 21.8 Å². The van der Waals surface area contributed by atoms with E-state index >= 15 is 0 Å². The van der Waals surface area contributed by atoms with Gasteiger partial charge in [-0.25, -0.2) is 0 Å². The Morgan fingerprint density at radius 3 is 1.33 bits per heavy atom. The molecule has 58 heavy (non-hydrogen) atoms. The molecule has 0 radical (unpaired) electrons. The summed E-state index contributed by atoms with van der Waals surface area (Å²) in [6, 6.07) is 19.0. The van der Waals surface area contributed by atoms with Crippen molar-refractivity contribution in [2.75, 3.05) is 66.8 Å². The zero-order chi connectivity index (χ0) is 41.3. The van der Waals surface area contributed by atoms with E-state index in [1.807, 2.05) is 60.7 Å². The predicted octanol–water partition coefficient (Wildman–Crippen LogP) is -1.26. The van der Waals surface area contributed by atoms with Crippen molar-refractivity contribution in [1.82, 2.24) is 19.8 Å². The van der Waals surface area contributed by atoms with Gasteiger partial charge in [-0.05, 0) is 48.5 Å². The Morgan fingerprint density at radius 2 is 0.948 bits per heavy atom. The number of aliphatic hydroxyl groups excluding tert-OH is 8. The number of rotatable bonds is 19. The van der Waals surface area contributed by atoms with Gasteiger partial charge in [-0.2, -0.15) is 0 Å². The summed E-state index contributed by atoms with van der Waals surface area (Å²) in [6.45, 7) is 1.30. The van der Waals surface area contributed by atoms with Crippen molar-refractivity contribution in [2.24, 2.45) is 0 Å². The van der Waals surface area contributed by atoms with Crippen LogP contribution in [0.1, 0.15) is 11.4 Å². The number of hydrogen-bond donors (Lipinski definition) is 8. The van der Waals surface area contributed by atoms with Crippen LogP contribution in [0.2, 0.25) is 0 Å². The Kier molecular flexibility index (Phi) is 15.5. The maximum atomic E-state index is 10.5. The number of ether oxygens (including phenoxy) is 6. The van der Waals surface area contributed by atoms with Gasteiger partial charge in [0.2, 0.25) is 0 Å². The summed E-state index contributed by atoms with van der Waals surface area (Å²) in [6.07, 6.45) is -14.0. The first kappa shape index (κ1) is 43.9. The number of aromatic nitrogens is 2. The largest absolute Gasteiger partial charge is 0.497 e. The van der Waals surface area contributed by atoms with Gasteiger partial charge in [0.25, 0.3) is 0 Å². The molecule has 0 aliphatic carbocycles. The molecule has 10 atom stereocenters. The van der Waals surface area contributed by atoms with Crippen molar-refractivity contribution in [3.8, 4) is 11.5 Å². The molecule has 318 valence electrons. The van der Waals surface area contributed by atoms with Crippen LogP contribution in [0.25, 0.3) is 21.8 Å². The molecule has 2 saturated heterocycles. The first-order valence-electron chi connectivity index (χ1n) is 19.2. The van der Waals surface area contributed by atoms with E-state index in [0.717, 1.165) is 33.2 Å². The third kappa shape index (κ3) is 10.7. The first-order chi connectivity index (χ1) is 28.0. The van der Waals surface area contributed by atoms with Gasteiger partial charge in [-0.1, -0.05) is 12.1 Å². The third-order valence-electron chi connectivity index (χ3n) is 10.5. The van der Waals surface area contributed by atoms with Gasteiger partial charge in [0, 0.05) is 50.0 Å². The minimum absolute atomic E-state index is 0.0450. The monoisotopic (exact) mass is 814 g/mol. The fourth-order valence-electron chi connectivity index (χ4n) is 7.01. The minimum atomic E-state index is -1.57. The van der Waals surface area contributed by atoms with Gasteiger partial charge in [0.15, 0.2) is 12.6 Å². The maximum absolute atomic E-state index is 10.5. The molecule has 8 N–H and O–H groups in total. The molecule has 4 aromatic rings. The Labute approximate surface area is 335 Å². The topological polar surface area (TPSA) is 249 Å². The molecule has 2 aliphatic rings. The quantitative estimate of drug-likeness (QED) is 0.0550. The fraction of sp³-hybridized carbons (Fsp3) is 0.550. The van der Waals surface area contributed by atoms with Crippen LogP contribution in [0.5, 0.6) is 11.5 Å². The van der Waals surface area contributed by atoms with Crippen LogP contribution < -0.4 is 9.47 Å². The molecule has 0 spiro atoms. The summed E-state index contributed by atoms with van der Waals surface area (Å²) in [5, 5.41) is 83.1. The predicted molar refractivity (Wildman–Crippen MR) is 207 cm³/mol. The third-order valence-corrected chi connectivity index (χ3v) is 10.5. The molecule has 18 nitrogen and oxygen atoms in total. The first-order valence-corrected chi connectivity index (χ1v) is 19.2. The van der Waals surface area contributed by atoms with Crippen LogP contribution in [0.4, 0.5) is 0 Å². The molecular formula is C40H54N4O14. The molecule has 18 heteroatoms. The molecule has 6 rings (SSSR count). The summed E-state index contributed by atoms with van der Waals surface area (Å²) < 4.78 is 33.6. The summed E-state index contributed by atoms with van der Waals surface area (Å²) in [4.78, 5) is 13.9. The van der Waals surface area contributed by atoms with E-state index in [0.29, 0.717) is 50.8 Å². The van der Waals surface area contributed by atoms with Crippen LogP contribution in [-0.4, -0.2) is 189 Å². The zero-order valence-electron chi connectivity index (χ0n) is 32.4. The van der Waals surface area contributed by atoms with Crippen molar-refractivity contribution < 1.29 is 69.3 Å². The zero-order valence-corrected chi connectivity index (χ0v) is 32.4. The Balaban J connectivity index is 1.19. The number of methoxy groups -OCH3 is 2. The maximum Gasteiger partial charge on any atom is 0.186 e. The smallest absolute Gasteiger partial charge is 0.186 e. The lowest BCUT2D eigenvalue weighted by Crippen LogP contribution is -2.59. The Hall–Kier alpha value is -3.70. The molecule has 2 aromatic carbocycles. The average Bonchev–Trinajstić information content (AvgIpc) is 3.24. The molecule has 4 heterocycles. The lowest BCUT2D eigenvalue weighted by molar-refractivity contribution is -0.301. The van der Waals surface area contributed by atoms with E-state index in [4.69, 9.17) is 38.4 Å². The van der Waals surface area contributed by atoms with Crippen LogP contribution in [0, 0.1) is 0 Å². The fourth-order valence-corrected chi connectivity index (χ4v) is 7.01. The van der Waals surface area contributed by atoms with E-state index < -0.39 is 74.6 Å². The highest BCUT2D eigenvalue weighted by atomic mass is 16.7. The van der Waals surface area contributed by atoms with Crippen LogP contribution in [-0.2, 0) is 32.0 Å². The highest BCUT2D eigenvalue weighted by molar-refractivity contribution is 5.81. The lowest BCUT2D eigenvalue weighted by atomic mass is 9.99. The number of pyridine rings is 2. The molecule has 2 aliphatic heterocycles. The van der Waals surface area contributed by atoms with E-state index in [2.05, 4.69) is 9.80 Å². The average molecular weight is 815 g/mol. The van der Waals surface area contributed by atoms with Gasteiger partial charge < -0.3 is 69.3 Å². The van der Waals surface area contributed by atoms with Gasteiger partial charge >= 0.3 is 0 Å². The second-order valence-electron chi connectivity index (χ2n) is 14.4. The molecular weight excluding hydrogens is 760 g/mol. The van der Waals surface area contributed by atoms with Crippen molar-refractivity contribution in [1.29, 1.82) is 0 Å². The number of aliphatic hydroxyl groups is 8. The number of benzene rings is 2. The molecule has 0 bridgehead atoms. The number of nitrogens with zero attached hydrogens (tertiary/aromatic N) is 4. The molecule has 2 fully saturated rings. The van der Waals surface area contributed by atoms with Crippen molar-refractivity contribution in [2.45, 2.75) is 74.5 Å². The van der Waals surface area contributed by atoms with Crippen molar-refractivity contribution in [3.63, 3.8) is 0 Å². The minimum Gasteiger partial charge on any atom is -0.497 e. The highest BCUT2D eigenvalue weighted by Crippen LogP contribution is 2.25. The number of hydrogen-bond acceptors (Lipinski definition) is 18. The lowest BCUT2D eigenvalue weighted by Gasteiger charge is -2.40. The van der Waals surface area contributed by atoms with E-state index in [1.54, 1.807) is 14.2 Å². The summed E-state index contributed by atoms with van der Waals surface area (Å²) >= 11 is 0. The molecule has 0 unspecified atom stereocenters. The van der Waals surface area contributed by atoms with E-state index in [9.17, 15) is 40.9 Å². The van der Waals surface area contributed by atoms with E-state index in [1.165, 1.54) is 0 Å². The SMILES string of the molecule is COc1ccc2nc(CN(CCO[C@@H]3O[C@H](CO)[C@@H](O)[C@H](O)[C@H]3O)CCN(CCO[C@@H]3O[C@H](CO)[C@@H](O)[C@H](O)[C@H]3O)Cc3ccc4cc(OC)ccc4n3)ccc2c1. The summed E-state index contributed by atoms with van der Waals surface area (Å²) in [5.41, 5.74) is 3.11. The van der Waals surface area contributed by atoms with E-state index in [-0.39, 0.29) is 13.2 Å². The van der Waals surface area contributed by atoms with Gasteiger partial charge in [0.05, 0.1) is 63.1 Å². The highest BCUT2D eigenvalue weighted by Gasteiger charge is 2.45. The molecule has 2 aromatic heterocycles. The summed E-state index contributed by atoms with van der Waals surface area (Å²) in [7, 11) is 3.20. The van der Waals surface area contributed by atoms with Crippen LogP contribution >= 0.6 is 0 Å². The Morgan fingerprint density at radius 1 is 0.534 bits per heavy atom. The van der Waals surface area contributed by atoms with Crippen LogP contribution in [0.3, 0.4) is 0 Å².